The topological polar surface area (TPSA) is 54.9 Å². The summed E-state index contributed by atoms with van der Waals surface area (Å²) >= 11 is 0. The number of piperidine rings is 1. The maximum atomic E-state index is 5.72. The van der Waals surface area contributed by atoms with Crippen molar-refractivity contribution in [3.8, 4) is 11.5 Å². The van der Waals surface area contributed by atoms with Gasteiger partial charge in [-0.05, 0) is 31.5 Å². The molecule has 0 radical (unpaired) electrons. The van der Waals surface area contributed by atoms with E-state index in [1.807, 2.05) is 19.9 Å². The molecule has 0 aliphatic carbocycles. The molecule has 2 atom stereocenters. The Kier molecular flexibility index (Phi) is 4.29. The van der Waals surface area contributed by atoms with Crippen LogP contribution in [0, 0.1) is 5.92 Å². The van der Waals surface area contributed by atoms with Gasteiger partial charge in [-0.2, -0.15) is 5.10 Å². The first-order chi connectivity index (χ1) is 10.3. The summed E-state index contributed by atoms with van der Waals surface area (Å²) in [6.07, 6.45) is 1.03. The fourth-order valence-corrected chi connectivity index (χ4v) is 3.04. The van der Waals surface area contributed by atoms with E-state index in [4.69, 9.17) is 9.47 Å². The van der Waals surface area contributed by atoms with Gasteiger partial charge in [0.25, 0.3) is 0 Å². The first-order valence-electron chi connectivity index (χ1n) is 7.75. The quantitative estimate of drug-likeness (QED) is 0.871. The van der Waals surface area contributed by atoms with Crippen molar-refractivity contribution < 1.29 is 9.47 Å². The smallest absolute Gasteiger partial charge is 0.161 e. The lowest BCUT2D eigenvalue weighted by molar-refractivity contribution is 0.287. The molecule has 2 N–H and O–H groups in total. The molecule has 0 saturated carbocycles. The van der Waals surface area contributed by atoms with E-state index in [1.165, 1.54) is 11.3 Å². The van der Waals surface area contributed by atoms with Crippen LogP contribution in [-0.2, 0) is 0 Å². The van der Waals surface area contributed by atoms with E-state index in [1.54, 1.807) is 0 Å². The van der Waals surface area contributed by atoms with Crippen LogP contribution >= 0.6 is 0 Å². The summed E-state index contributed by atoms with van der Waals surface area (Å²) in [4.78, 5) is 0. The molecule has 21 heavy (non-hydrogen) atoms. The molecule has 2 unspecified atom stereocenters. The maximum Gasteiger partial charge on any atom is 0.161 e. The Morgan fingerprint density at radius 2 is 2.00 bits per heavy atom. The van der Waals surface area contributed by atoms with Gasteiger partial charge in [-0.3, -0.25) is 0 Å². The average Bonchev–Trinajstić information content (AvgIpc) is 2.93. The van der Waals surface area contributed by atoms with E-state index < -0.39 is 0 Å². The van der Waals surface area contributed by atoms with E-state index in [0.717, 1.165) is 31.0 Å². The van der Waals surface area contributed by atoms with Crippen LogP contribution in [0.1, 0.15) is 31.9 Å². The Bertz CT molecular complexity index is 530. The zero-order valence-corrected chi connectivity index (χ0v) is 12.7. The molecular formula is C16H23N3O2. The highest BCUT2D eigenvalue weighted by Gasteiger charge is 2.34. The number of hydrazone groups is 1. The summed E-state index contributed by atoms with van der Waals surface area (Å²) in [5, 5.41) is 7.96. The van der Waals surface area contributed by atoms with Gasteiger partial charge in [0.05, 0.1) is 19.3 Å². The number of nitrogens with zero attached hydrogens (tertiary/aromatic N) is 1. The molecule has 3 rings (SSSR count). The predicted octanol–water partition coefficient (Wildman–Crippen LogP) is 2.09. The van der Waals surface area contributed by atoms with Crippen molar-refractivity contribution >= 4 is 5.71 Å². The zero-order valence-electron chi connectivity index (χ0n) is 12.7. The highest BCUT2D eigenvalue weighted by atomic mass is 16.5. The molecule has 1 fully saturated rings. The molecule has 2 aliphatic heterocycles. The van der Waals surface area contributed by atoms with Crippen LogP contribution in [0.2, 0.25) is 0 Å². The van der Waals surface area contributed by atoms with Crippen LogP contribution in [0.3, 0.4) is 0 Å². The highest BCUT2D eigenvalue weighted by molar-refractivity contribution is 5.89. The first kappa shape index (κ1) is 14.2. The molecule has 0 spiro atoms. The number of benzene rings is 1. The summed E-state index contributed by atoms with van der Waals surface area (Å²) in [5.41, 5.74) is 5.77. The number of ether oxygens (including phenoxy) is 2. The van der Waals surface area contributed by atoms with Crippen molar-refractivity contribution in [1.82, 2.24) is 10.7 Å². The summed E-state index contributed by atoms with van der Waals surface area (Å²) in [6, 6.07) is 6.42. The van der Waals surface area contributed by atoms with Gasteiger partial charge >= 0.3 is 0 Å². The van der Waals surface area contributed by atoms with E-state index in [-0.39, 0.29) is 6.04 Å². The third kappa shape index (κ3) is 2.83. The molecule has 5 nitrogen and oxygen atoms in total. The van der Waals surface area contributed by atoms with Crippen molar-refractivity contribution in [1.29, 1.82) is 0 Å². The minimum Gasteiger partial charge on any atom is -0.490 e. The Balaban J connectivity index is 1.84. The largest absolute Gasteiger partial charge is 0.490 e. The maximum absolute atomic E-state index is 5.72. The van der Waals surface area contributed by atoms with Crippen molar-refractivity contribution in [2.24, 2.45) is 11.0 Å². The second-order valence-corrected chi connectivity index (χ2v) is 5.34. The molecular weight excluding hydrogens is 266 g/mol. The van der Waals surface area contributed by atoms with Crippen LogP contribution in [0.4, 0.5) is 0 Å². The zero-order chi connectivity index (χ0) is 14.7. The van der Waals surface area contributed by atoms with Gasteiger partial charge in [0.15, 0.2) is 11.5 Å². The average molecular weight is 289 g/mol. The van der Waals surface area contributed by atoms with Gasteiger partial charge in [0.2, 0.25) is 0 Å². The lowest BCUT2D eigenvalue weighted by Crippen LogP contribution is -2.38. The number of hydrogen-bond acceptors (Lipinski definition) is 5. The molecule has 5 heteroatoms. The SMILES string of the molecule is CCOc1ccc(C2NN=C3CCNCC32)cc1OCC. The standard InChI is InChI=1S/C16H23N3O2/c1-3-20-14-6-5-11(9-15(14)21-4-2)16-12-10-17-8-7-13(12)18-19-16/h5-6,9,12,16-17,19H,3-4,7-8,10H2,1-2H3. The van der Waals surface area contributed by atoms with Crippen molar-refractivity contribution in [2.75, 3.05) is 26.3 Å². The fourth-order valence-electron chi connectivity index (χ4n) is 3.04. The first-order valence-corrected chi connectivity index (χ1v) is 7.75. The number of fused-ring (bicyclic) bond motifs is 1. The van der Waals surface area contributed by atoms with Crippen LogP contribution < -0.4 is 20.2 Å². The van der Waals surface area contributed by atoms with E-state index in [2.05, 4.69) is 28.0 Å². The lowest BCUT2D eigenvalue weighted by Gasteiger charge is -2.25. The van der Waals surface area contributed by atoms with E-state index >= 15 is 0 Å². The summed E-state index contributed by atoms with van der Waals surface area (Å²) in [5.74, 6) is 2.06. The normalized spacial score (nSPS) is 24.0. The van der Waals surface area contributed by atoms with Crippen LogP contribution in [-0.4, -0.2) is 32.0 Å². The molecule has 0 aromatic heterocycles. The molecule has 114 valence electrons. The Morgan fingerprint density at radius 1 is 1.19 bits per heavy atom. The highest BCUT2D eigenvalue weighted by Crippen LogP contribution is 2.35. The summed E-state index contributed by atoms with van der Waals surface area (Å²) in [7, 11) is 0. The fraction of sp³-hybridized carbons (Fsp3) is 0.562. The van der Waals surface area contributed by atoms with Crippen LogP contribution in [0.25, 0.3) is 0 Å². The van der Waals surface area contributed by atoms with Gasteiger partial charge in [-0.15, -0.1) is 0 Å². The van der Waals surface area contributed by atoms with E-state index in [0.29, 0.717) is 19.1 Å². The number of hydrogen-bond donors (Lipinski definition) is 2. The van der Waals surface area contributed by atoms with Crippen LogP contribution in [0.5, 0.6) is 11.5 Å². The Hall–Kier alpha value is -1.75. The Morgan fingerprint density at radius 3 is 2.81 bits per heavy atom. The molecule has 2 aliphatic rings. The second kappa shape index (κ2) is 6.35. The predicted molar refractivity (Wildman–Crippen MR) is 83.1 cm³/mol. The lowest BCUT2D eigenvalue weighted by atomic mass is 9.87. The van der Waals surface area contributed by atoms with Crippen LogP contribution in [0.15, 0.2) is 23.3 Å². The van der Waals surface area contributed by atoms with E-state index in [9.17, 15) is 0 Å². The molecule has 1 aromatic carbocycles. The van der Waals surface area contributed by atoms with Crippen molar-refractivity contribution in [3.63, 3.8) is 0 Å². The van der Waals surface area contributed by atoms with Gasteiger partial charge < -0.3 is 20.2 Å². The minimum atomic E-state index is 0.225. The van der Waals surface area contributed by atoms with Crippen molar-refractivity contribution in [2.45, 2.75) is 26.3 Å². The molecule has 1 saturated heterocycles. The number of rotatable bonds is 5. The second-order valence-electron chi connectivity index (χ2n) is 5.34. The van der Waals surface area contributed by atoms with Crippen molar-refractivity contribution in [3.05, 3.63) is 23.8 Å². The summed E-state index contributed by atoms with van der Waals surface area (Å²) < 4.78 is 11.3. The van der Waals surface area contributed by atoms with Gasteiger partial charge in [-0.1, -0.05) is 6.07 Å². The monoisotopic (exact) mass is 289 g/mol. The molecule has 0 bridgehead atoms. The molecule has 0 amide bonds. The third-order valence-electron chi connectivity index (χ3n) is 4.03. The molecule has 1 aromatic rings. The minimum absolute atomic E-state index is 0.225. The van der Waals surface area contributed by atoms with Gasteiger partial charge in [0, 0.05) is 31.1 Å². The van der Waals surface area contributed by atoms with Gasteiger partial charge in [0.1, 0.15) is 0 Å². The molecule has 2 heterocycles. The third-order valence-corrected chi connectivity index (χ3v) is 4.03. The summed E-state index contributed by atoms with van der Waals surface area (Å²) in [6.45, 7) is 7.25. The van der Waals surface area contributed by atoms with Gasteiger partial charge in [-0.25, -0.2) is 0 Å². The number of nitrogens with one attached hydrogen (secondary N) is 2. The Labute approximate surface area is 125 Å².